The number of fused-ring (bicyclic) bond motifs is 1. The quantitative estimate of drug-likeness (QED) is 0.140. The van der Waals surface area contributed by atoms with Crippen molar-refractivity contribution in [3.63, 3.8) is 0 Å². The number of aromatic nitrogens is 3. The second-order valence-electron chi connectivity index (χ2n) is 13.4. The number of amides is 2. The third-order valence-corrected chi connectivity index (χ3v) is 9.15. The van der Waals surface area contributed by atoms with Crippen LogP contribution in [0.3, 0.4) is 0 Å². The molecule has 1 atom stereocenters. The summed E-state index contributed by atoms with van der Waals surface area (Å²) in [6, 6.07) is 18.6. The first-order valence-corrected chi connectivity index (χ1v) is 17.1. The van der Waals surface area contributed by atoms with Gasteiger partial charge in [0.05, 0.1) is 61.6 Å². The van der Waals surface area contributed by atoms with Gasteiger partial charge in [-0.1, -0.05) is 41.9 Å². The molecule has 0 bridgehead atoms. The first kappa shape index (κ1) is 36.2. The van der Waals surface area contributed by atoms with Crippen LogP contribution in [0, 0.1) is 0 Å². The van der Waals surface area contributed by atoms with Crippen molar-refractivity contribution < 1.29 is 33.3 Å². The molecule has 0 spiro atoms. The summed E-state index contributed by atoms with van der Waals surface area (Å²) >= 11 is 7.17. The molecule has 1 aliphatic rings. The molecule has 3 heterocycles. The molecule has 5 aromatic rings. The van der Waals surface area contributed by atoms with E-state index in [1.54, 1.807) is 27.9 Å². The summed E-state index contributed by atoms with van der Waals surface area (Å²) in [6.45, 7) is 5.88. The SMILES string of the molecule is COc1cc(-n2ncc3c(-c4cccc(-c5ccc(CN(C[C@@H]6CCC(=O)N6)C(=O)OC(C)(C)C)c(OC)n5)c4Cl)cccc32)cc(OC)c1C=O. The van der Waals surface area contributed by atoms with Crippen LogP contribution in [0.2, 0.25) is 5.02 Å². The minimum Gasteiger partial charge on any atom is -0.496 e. The van der Waals surface area contributed by atoms with Gasteiger partial charge in [0, 0.05) is 53.2 Å². The van der Waals surface area contributed by atoms with E-state index in [2.05, 4.69) is 10.4 Å². The van der Waals surface area contributed by atoms with Crippen molar-refractivity contribution in [1.29, 1.82) is 0 Å². The second kappa shape index (κ2) is 14.9. The molecule has 1 N–H and O–H groups in total. The van der Waals surface area contributed by atoms with Crippen molar-refractivity contribution >= 4 is 40.8 Å². The number of benzene rings is 3. The van der Waals surface area contributed by atoms with Gasteiger partial charge in [0.1, 0.15) is 17.1 Å². The van der Waals surface area contributed by atoms with Crippen molar-refractivity contribution in [2.24, 2.45) is 0 Å². The lowest BCUT2D eigenvalue weighted by Crippen LogP contribution is -2.43. The first-order chi connectivity index (χ1) is 24.9. The number of rotatable bonds is 11. The molecule has 1 saturated heterocycles. The Bertz CT molecular complexity index is 2130. The molecule has 2 aromatic heterocycles. The Morgan fingerprint density at radius 3 is 2.33 bits per heavy atom. The fourth-order valence-electron chi connectivity index (χ4n) is 6.33. The molecule has 0 aliphatic carbocycles. The van der Waals surface area contributed by atoms with Gasteiger partial charge in [-0.2, -0.15) is 5.10 Å². The molecular formula is C39H40ClN5O7. The number of pyridine rings is 1. The van der Waals surface area contributed by atoms with Crippen LogP contribution in [0.4, 0.5) is 4.79 Å². The molecule has 12 nitrogen and oxygen atoms in total. The highest BCUT2D eigenvalue weighted by Crippen LogP contribution is 2.40. The van der Waals surface area contributed by atoms with E-state index < -0.39 is 11.7 Å². The fraction of sp³-hybridized carbons (Fsp3) is 0.308. The van der Waals surface area contributed by atoms with E-state index in [1.165, 1.54) is 21.3 Å². The van der Waals surface area contributed by atoms with E-state index in [-0.39, 0.29) is 25.0 Å². The standard InChI is InChI=1S/C39H40ClN5O7/c1-39(2,3)52-38(48)44(21-24-14-16-35(47)42-24)20-23-13-15-31(43-37(23)51-6)28-11-7-10-27(36(28)40)26-9-8-12-32-29(26)19-41-45(32)25-17-33(49-4)30(22-46)34(18-25)50-5/h7-13,15,17-19,22,24H,14,16,20-21H2,1-6H3,(H,42,47)/t24-/m0/s1. The number of methoxy groups -OCH3 is 3. The van der Waals surface area contributed by atoms with Crippen molar-refractivity contribution in [3.8, 4) is 45.5 Å². The number of nitrogens with one attached hydrogen (secondary N) is 1. The van der Waals surface area contributed by atoms with Gasteiger partial charge in [0.2, 0.25) is 11.8 Å². The van der Waals surface area contributed by atoms with Crippen LogP contribution in [0.5, 0.6) is 17.4 Å². The predicted octanol–water partition coefficient (Wildman–Crippen LogP) is 7.26. The Hall–Kier alpha value is -5.62. The molecule has 1 fully saturated rings. The summed E-state index contributed by atoms with van der Waals surface area (Å²) in [5.41, 5.74) is 4.63. The van der Waals surface area contributed by atoms with Gasteiger partial charge in [-0.05, 0) is 51.0 Å². The van der Waals surface area contributed by atoms with Crippen molar-refractivity contribution in [2.75, 3.05) is 27.9 Å². The average Bonchev–Trinajstić information content (AvgIpc) is 3.76. The van der Waals surface area contributed by atoms with E-state index in [1.807, 2.05) is 69.3 Å². The first-order valence-electron chi connectivity index (χ1n) is 16.7. The normalized spacial score (nSPS) is 14.2. The number of hydrogen-bond donors (Lipinski definition) is 1. The molecule has 3 aromatic carbocycles. The van der Waals surface area contributed by atoms with Crippen LogP contribution in [0.15, 0.2) is 66.9 Å². The number of nitrogens with zero attached hydrogens (tertiary/aromatic N) is 4. The van der Waals surface area contributed by atoms with Crippen LogP contribution in [0.25, 0.3) is 39.0 Å². The van der Waals surface area contributed by atoms with E-state index >= 15 is 0 Å². The van der Waals surface area contributed by atoms with Crippen LogP contribution < -0.4 is 19.5 Å². The summed E-state index contributed by atoms with van der Waals surface area (Å²) in [4.78, 5) is 43.3. The Balaban J connectivity index is 1.34. The Morgan fingerprint density at radius 2 is 1.69 bits per heavy atom. The van der Waals surface area contributed by atoms with Gasteiger partial charge in [-0.25, -0.2) is 14.5 Å². The maximum Gasteiger partial charge on any atom is 0.410 e. The second-order valence-corrected chi connectivity index (χ2v) is 13.8. The zero-order chi connectivity index (χ0) is 37.2. The largest absolute Gasteiger partial charge is 0.496 e. The number of hydrogen-bond acceptors (Lipinski definition) is 9. The summed E-state index contributed by atoms with van der Waals surface area (Å²) < 4.78 is 24.1. The Labute approximate surface area is 306 Å². The lowest BCUT2D eigenvalue weighted by molar-refractivity contribution is -0.119. The molecule has 0 unspecified atom stereocenters. The van der Waals surface area contributed by atoms with Crippen LogP contribution in [-0.4, -0.2) is 77.5 Å². The average molecular weight is 726 g/mol. The van der Waals surface area contributed by atoms with Gasteiger partial charge in [0.25, 0.3) is 0 Å². The van der Waals surface area contributed by atoms with Crippen LogP contribution >= 0.6 is 11.6 Å². The number of halogens is 1. The minimum absolute atomic E-state index is 0.0337. The Kier molecular flexibility index (Phi) is 10.4. The van der Waals surface area contributed by atoms with Crippen molar-refractivity contribution in [2.45, 2.75) is 51.8 Å². The van der Waals surface area contributed by atoms with E-state index in [9.17, 15) is 14.4 Å². The molecule has 1 aliphatic heterocycles. The minimum atomic E-state index is -0.699. The van der Waals surface area contributed by atoms with Gasteiger partial charge >= 0.3 is 6.09 Å². The van der Waals surface area contributed by atoms with E-state index in [4.69, 9.17) is 35.5 Å². The molecule has 0 radical (unpaired) electrons. The van der Waals surface area contributed by atoms with Gasteiger partial charge in [0.15, 0.2) is 6.29 Å². The number of carbonyl (C=O) groups is 3. The van der Waals surface area contributed by atoms with Gasteiger partial charge in [-0.3, -0.25) is 9.59 Å². The fourth-order valence-corrected chi connectivity index (χ4v) is 6.65. The number of ether oxygens (including phenoxy) is 4. The summed E-state index contributed by atoms with van der Waals surface area (Å²) in [7, 11) is 4.52. The maximum absolute atomic E-state index is 13.3. The number of carbonyl (C=O) groups excluding carboxylic acids is 3. The third-order valence-electron chi connectivity index (χ3n) is 8.74. The lowest BCUT2D eigenvalue weighted by atomic mass is 9.98. The van der Waals surface area contributed by atoms with Crippen molar-refractivity contribution in [1.82, 2.24) is 25.0 Å². The maximum atomic E-state index is 13.3. The van der Waals surface area contributed by atoms with Crippen LogP contribution in [0.1, 0.15) is 49.5 Å². The molecular weight excluding hydrogens is 686 g/mol. The smallest absolute Gasteiger partial charge is 0.410 e. The Morgan fingerprint density at radius 1 is 1.00 bits per heavy atom. The summed E-state index contributed by atoms with van der Waals surface area (Å²) in [6.07, 6.45) is 3.02. The number of aldehydes is 1. The van der Waals surface area contributed by atoms with Gasteiger partial charge < -0.3 is 29.2 Å². The highest BCUT2D eigenvalue weighted by molar-refractivity contribution is 6.36. The molecule has 6 rings (SSSR count). The van der Waals surface area contributed by atoms with Crippen molar-refractivity contribution in [3.05, 3.63) is 83.0 Å². The lowest BCUT2D eigenvalue weighted by Gasteiger charge is -2.29. The van der Waals surface area contributed by atoms with E-state index in [0.29, 0.717) is 69.6 Å². The molecule has 270 valence electrons. The topological polar surface area (TPSA) is 134 Å². The highest BCUT2D eigenvalue weighted by atomic mass is 35.5. The summed E-state index contributed by atoms with van der Waals surface area (Å²) in [5, 5.41) is 8.94. The zero-order valence-electron chi connectivity index (χ0n) is 29.9. The summed E-state index contributed by atoms with van der Waals surface area (Å²) in [5.74, 6) is 1.04. The zero-order valence-corrected chi connectivity index (χ0v) is 30.6. The molecule has 52 heavy (non-hydrogen) atoms. The van der Waals surface area contributed by atoms with Crippen LogP contribution in [-0.2, 0) is 16.1 Å². The highest BCUT2D eigenvalue weighted by Gasteiger charge is 2.29. The van der Waals surface area contributed by atoms with E-state index in [0.717, 1.165) is 22.0 Å². The molecule has 0 saturated carbocycles. The molecule has 2 amide bonds. The van der Waals surface area contributed by atoms with Gasteiger partial charge in [-0.15, -0.1) is 0 Å². The monoisotopic (exact) mass is 725 g/mol. The third kappa shape index (κ3) is 7.38. The predicted molar refractivity (Wildman–Crippen MR) is 198 cm³/mol. The molecule has 13 heteroatoms.